The second kappa shape index (κ2) is 10.3. The van der Waals surface area contributed by atoms with Gasteiger partial charge in [-0.2, -0.15) is 0 Å². The molecule has 156 valence electrons. The number of carbonyl (C=O) groups is 2. The van der Waals surface area contributed by atoms with Gasteiger partial charge in [-0.15, -0.1) is 0 Å². The highest BCUT2D eigenvalue weighted by atomic mass is 32.2. The van der Waals surface area contributed by atoms with E-state index in [-0.39, 0.29) is 11.4 Å². The molecule has 0 bridgehead atoms. The predicted octanol–water partition coefficient (Wildman–Crippen LogP) is 4.03. The monoisotopic (exact) mass is 445 g/mol. The fourth-order valence-electron chi connectivity index (χ4n) is 2.68. The fraction of sp³-hybridized carbons (Fsp3) is 0.250. The van der Waals surface area contributed by atoms with Crippen molar-refractivity contribution in [3.05, 3.63) is 69.3 Å². The number of nitro groups is 1. The molecule has 8 nitrogen and oxygen atoms in total. The van der Waals surface area contributed by atoms with Crippen molar-refractivity contribution in [2.24, 2.45) is 4.99 Å². The first kappa shape index (κ1) is 21.8. The maximum Gasteiger partial charge on any atom is 0.338 e. The number of esters is 1. The molecule has 0 unspecified atom stereocenters. The summed E-state index contributed by atoms with van der Waals surface area (Å²) in [5.74, 6) is 0.379. The van der Waals surface area contributed by atoms with Gasteiger partial charge in [-0.25, -0.2) is 4.79 Å². The van der Waals surface area contributed by atoms with Crippen LogP contribution in [0.3, 0.4) is 0 Å². The normalized spacial score (nSPS) is 12.9. The average Bonchev–Trinajstić information content (AvgIpc) is 3.25. The van der Waals surface area contributed by atoms with E-state index in [4.69, 9.17) is 4.74 Å². The van der Waals surface area contributed by atoms with E-state index in [1.165, 1.54) is 6.07 Å². The van der Waals surface area contributed by atoms with E-state index in [1.54, 1.807) is 54.7 Å². The van der Waals surface area contributed by atoms with Gasteiger partial charge >= 0.3 is 5.97 Å². The third-order valence-corrected chi connectivity index (χ3v) is 6.47. The van der Waals surface area contributed by atoms with E-state index in [1.807, 2.05) is 12.1 Å². The number of thioether (sulfide) groups is 2. The number of benzene rings is 2. The number of nitro benzene ring substituents is 1. The maximum atomic E-state index is 12.5. The lowest BCUT2D eigenvalue weighted by molar-refractivity contribution is -0.385. The molecule has 2 aromatic carbocycles. The first-order chi connectivity index (χ1) is 14.4. The highest BCUT2D eigenvalue weighted by molar-refractivity contribution is 8.38. The summed E-state index contributed by atoms with van der Waals surface area (Å²) in [4.78, 5) is 39.5. The number of aryl methyl sites for hydroxylation is 1. The molecule has 0 aromatic heterocycles. The molecule has 1 heterocycles. The van der Waals surface area contributed by atoms with E-state index >= 15 is 0 Å². The Morgan fingerprint density at radius 1 is 1.30 bits per heavy atom. The van der Waals surface area contributed by atoms with E-state index in [9.17, 15) is 19.7 Å². The molecule has 1 aliphatic rings. The molecule has 0 saturated heterocycles. The van der Waals surface area contributed by atoms with Crippen LogP contribution in [0.2, 0.25) is 0 Å². The van der Waals surface area contributed by atoms with Gasteiger partial charge in [0.15, 0.2) is 6.61 Å². The van der Waals surface area contributed by atoms with Gasteiger partial charge in [0.2, 0.25) is 0 Å². The summed E-state index contributed by atoms with van der Waals surface area (Å²) in [6, 6.07) is 11.4. The maximum absolute atomic E-state index is 12.5. The van der Waals surface area contributed by atoms with Gasteiger partial charge in [0, 0.05) is 28.8 Å². The Balaban J connectivity index is 1.57. The van der Waals surface area contributed by atoms with Crippen molar-refractivity contribution >= 4 is 51.2 Å². The number of anilines is 1. The molecule has 1 aliphatic heterocycles. The SMILES string of the molecule is Cc1ccc(NC(=O)COC(=O)c2ccccc2CSC2=NCCS2)cc1[N+](=O)[O-]. The summed E-state index contributed by atoms with van der Waals surface area (Å²) >= 11 is 3.27. The highest BCUT2D eigenvalue weighted by Gasteiger charge is 2.17. The highest BCUT2D eigenvalue weighted by Crippen LogP contribution is 2.27. The van der Waals surface area contributed by atoms with Gasteiger partial charge in [0.25, 0.3) is 11.6 Å². The predicted molar refractivity (Wildman–Crippen MR) is 119 cm³/mol. The Labute approximate surface area is 181 Å². The zero-order valence-corrected chi connectivity index (χ0v) is 17.8. The van der Waals surface area contributed by atoms with E-state index in [2.05, 4.69) is 10.3 Å². The lowest BCUT2D eigenvalue weighted by Crippen LogP contribution is -2.21. The summed E-state index contributed by atoms with van der Waals surface area (Å²) < 4.78 is 6.15. The topological polar surface area (TPSA) is 111 Å². The quantitative estimate of drug-likeness (QED) is 0.389. The summed E-state index contributed by atoms with van der Waals surface area (Å²) in [6.07, 6.45) is 0. The molecule has 2 aromatic rings. The number of nitrogens with one attached hydrogen (secondary N) is 1. The molecule has 0 spiro atoms. The van der Waals surface area contributed by atoms with Crippen LogP contribution < -0.4 is 5.32 Å². The van der Waals surface area contributed by atoms with Gasteiger partial charge in [0.05, 0.1) is 17.0 Å². The molecular weight excluding hydrogens is 426 g/mol. The van der Waals surface area contributed by atoms with Gasteiger partial charge in [-0.3, -0.25) is 19.9 Å². The Kier molecular flexibility index (Phi) is 7.47. The lowest BCUT2D eigenvalue weighted by atomic mass is 10.1. The van der Waals surface area contributed by atoms with Crippen LogP contribution in [-0.2, 0) is 15.3 Å². The van der Waals surface area contributed by atoms with Crippen LogP contribution in [0.5, 0.6) is 0 Å². The summed E-state index contributed by atoms with van der Waals surface area (Å²) in [7, 11) is 0. The van der Waals surface area contributed by atoms with Gasteiger partial charge < -0.3 is 10.1 Å². The smallest absolute Gasteiger partial charge is 0.338 e. The third kappa shape index (κ3) is 5.83. The van der Waals surface area contributed by atoms with Crippen molar-refractivity contribution in [3.63, 3.8) is 0 Å². The van der Waals surface area contributed by atoms with Crippen molar-refractivity contribution in [2.45, 2.75) is 12.7 Å². The summed E-state index contributed by atoms with van der Waals surface area (Å²) in [5, 5.41) is 13.5. The molecule has 10 heteroatoms. The van der Waals surface area contributed by atoms with Crippen LogP contribution in [0, 0.1) is 17.0 Å². The van der Waals surface area contributed by atoms with Crippen molar-refractivity contribution in [1.82, 2.24) is 0 Å². The first-order valence-corrected chi connectivity index (χ1v) is 11.0. The Morgan fingerprint density at radius 3 is 2.83 bits per heavy atom. The number of rotatable bonds is 7. The number of hydrogen-bond donors (Lipinski definition) is 1. The van der Waals surface area contributed by atoms with Crippen molar-refractivity contribution < 1.29 is 19.2 Å². The van der Waals surface area contributed by atoms with E-state index < -0.39 is 23.4 Å². The Bertz CT molecular complexity index is 1010. The van der Waals surface area contributed by atoms with Crippen LogP contribution in [-0.4, -0.2) is 40.1 Å². The lowest BCUT2D eigenvalue weighted by Gasteiger charge is -2.10. The van der Waals surface area contributed by atoms with Crippen LogP contribution in [0.1, 0.15) is 21.5 Å². The molecule has 0 atom stereocenters. The summed E-state index contributed by atoms with van der Waals surface area (Å²) in [6.45, 7) is 1.93. The zero-order valence-electron chi connectivity index (χ0n) is 16.1. The number of amides is 1. The summed E-state index contributed by atoms with van der Waals surface area (Å²) in [5.41, 5.74) is 1.85. The van der Waals surface area contributed by atoms with Crippen LogP contribution in [0.4, 0.5) is 11.4 Å². The molecule has 30 heavy (non-hydrogen) atoms. The molecule has 0 radical (unpaired) electrons. The second-order valence-corrected chi connectivity index (χ2v) is 8.63. The second-order valence-electron chi connectivity index (χ2n) is 6.32. The van der Waals surface area contributed by atoms with Gasteiger partial charge in [-0.1, -0.05) is 47.8 Å². The molecular formula is C20H19N3O5S2. The Morgan fingerprint density at radius 2 is 2.10 bits per heavy atom. The molecule has 3 rings (SSSR count). The average molecular weight is 446 g/mol. The van der Waals surface area contributed by atoms with Crippen molar-refractivity contribution in [1.29, 1.82) is 0 Å². The molecule has 1 N–H and O–H groups in total. The number of hydrogen-bond acceptors (Lipinski definition) is 8. The minimum Gasteiger partial charge on any atom is -0.452 e. The minimum atomic E-state index is -0.600. The van der Waals surface area contributed by atoms with Gasteiger partial charge in [0.1, 0.15) is 4.38 Å². The molecule has 0 fully saturated rings. The zero-order chi connectivity index (χ0) is 21.5. The van der Waals surface area contributed by atoms with Crippen LogP contribution >= 0.6 is 23.5 Å². The van der Waals surface area contributed by atoms with Crippen LogP contribution in [0.25, 0.3) is 0 Å². The molecule has 0 aliphatic carbocycles. The molecule has 1 amide bonds. The molecule has 0 saturated carbocycles. The van der Waals surface area contributed by atoms with E-state index in [0.717, 1.165) is 22.2 Å². The number of ether oxygens (including phenoxy) is 1. The Hall–Kier alpha value is -2.85. The third-order valence-electron chi connectivity index (χ3n) is 4.17. The number of nitrogens with zero attached hydrogens (tertiary/aromatic N) is 2. The standard InChI is InChI=1S/C20H19N3O5S2/c1-13-6-7-15(10-17(13)23(26)27)22-18(24)11-28-19(25)16-5-3-2-4-14(16)12-30-20-21-8-9-29-20/h2-7,10H,8-9,11-12H2,1H3,(H,22,24). The first-order valence-electron chi connectivity index (χ1n) is 9.04. The van der Waals surface area contributed by atoms with Crippen molar-refractivity contribution in [3.8, 4) is 0 Å². The van der Waals surface area contributed by atoms with Crippen LogP contribution in [0.15, 0.2) is 47.5 Å². The number of carbonyl (C=O) groups excluding carboxylic acids is 2. The van der Waals surface area contributed by atoms with Crippen molar-refractivity contribution in [2.75, 3.05) is 24.2 Å². The van der Waals surface area contributed by atoms with E-state index in [0.29, 0.717) is 16.9 Å². The minimum absolute atomic E-state index is 0.0961. The fourth-order valence-corrected chi connectivity index (χ4v) is 4.69. The largest absolute Gasteiger partial charge is 0.452 e. The van der Waals surface area contributed by atoms with Gasteiger partial charge in [-0.05, 0) is 24.6 Å². The number of aliphatic imine (C=N–C) groups is 1.